The molecule has 1 saturated heterocycles. The number of methoxy groups -OCH3 is 2. The molecule has 32 heavy (non-hydrogen) atoms. The molecule has 3 aliphatic rings. The van der Waals surface area contributed by atoms with Gasteiger partial charge in [-0.2, -0.15) is 0 Å². The van der Waals surface area contributed by atoms with Crippen molar-refractivity contribution in [3.8, 4) is 11.5 Å². The summed E-state index contributed by atoms with van der Waals surface area (Å²) in [5.74, 6) is 0.183. The van der Waals surface area contributed by atoms with Crippen molar-refractivity contribution in [2.24, 2.45) is 11.3 Å². The van der Waals surface area contributed by atoms with Crippen LogP contribution in [-0.4, -0.2) is 57.1 Å². The lowest BCUT2D eigenvalue weighted by Crippen LogP contribution is -2.50. The molecule has 2 atom stereocenters. The Morgan fingerprint density at radius 3 is 2.56 bits per heavy atom. The van der Waals surface area contributed by atoms with Crippen molar-refractivity contribution in [3.63, 3.8) is 0 Å². The third-order valence-electron chi connectivity index (χ3n) is 6.62. The van der Waals surface area contributed by atoms with Gasteiger partial charge < -0.3 is 24.4 Å². The average molecular weight is 441 g/mol. The summed E-state index contributed by atoms with van der Waals surface area (Å²) < 4.78 is 16.5. The van der Waals surface area contributed by atoms with Crippen LogP contribution in [0.15, 0.2) is 41.7 Å². The third kappa shape index (κ3) is 4.01. The first kappa shape index (κ1) is 22.4. The molecular weight excluding hydrogens is 408 g/mol. The van der Waals surface area contributed by atoms with Crippen molar-refractivity contribution >= 4 is 11.7 Å². The molecule has 2 aliphatic heterocycles. The molecule has 7 heteroatoms. The van der Waals surface area contributed by atoms with E-state index in [9.17, 15) is 9.59 Å². The first-order chi connectivity index (χ1) is 15.3. The van der Waals surface area contributed by atoms with Gasteiger partial charge in [0.15, 0.2) is 5.78 Å². The third-order valence-corrected chi connectivity index (χ3v) is 6.62. The minimum Gasteiger partial charge on any atom is -0.497 e. The Kier molecular flexibility index (Phi) is 6.03. The van der Waals surface area contributed by atoms with E-state index < -0.39 is 11.8 Å². The van der Waals surface area contributed by atoms with Gasteiger partial charge in [-0.05, 0) is 17.9 Å². The maximum Gasteiger partial charge on any atom is 0.232 e. The number of hydrogen-bond donors (Lipinski definition) is 1. The van der Waals surface area contributed by atoms with Crippen molar-refractivity contribution in [2.45, 2.75) is 32.6 Å². The number of benzene rings is 1. The number of ketones is 1. The lowest BCUT2D eigenvalue weighted by molar-refractivity contribution is -0.139. The second-order valence-electron chi connectivity index (χ2n) is 9.48. The number of allylic oxidation sites excluding steroid dienone is 2. The van der Waals surface area contributed by atoms with Crippen molar-refractivity contribution in [1.82, 2.24) is 10.2 Å². The van der Waals surface area contributed by atoms with Crippen LogP contribution >= 0.6 is 0 Å². The molecule has 1 aliphatic carbocycles. The normalized spacial score (nSPS) is 25.2. The number of hydrogen-bond acceptors (Lipinski definition) is 6. The Balaban J connectivity index is 1.87. The van der Waals surface area contributed by atoms with Crippen LogP contribution in [0, 0.1) is 11.3 Å². The van der Waals surface area contributed by atoms with Crippen LogP contribution in [0.25, 0.3) is 0 Å². The first-order valence-electron chi connectivity index (χ1n) is 11.1. The van der Waals surface area contributed by atoms with Gasteiger partial charge in [0, 0.05) is 54.0 Å². The van der Waals surface area contributed by atoms with Gasteiger partial charge in [-0.1, -0.05) is 26.5 Å². The molecule has 1 amide bonds. The Morgan fingerprint density at radius 2 is 1.91 bits per heavy atom. The Hall–Kier alpha value is -2.80. The molecule has 0 saturated carbocycles. The number of Topliss-reactive ketones (excluding diaryl/α,β-unsaturated/α-hetero) is 1. The number of nitrogens with one attached hydrogen (secondary N) is 1. The van der Waals surface area contributed by atoms with E-state index in [1.165, 1.54) is 0 Å². The zero-order valence-electron chi connectivity index (χ0n) is 19.3. The minimum absolute atomic E-state index is 0.0437. The molecule has 2 heterocycles. The summed E-state index contributed by atoms with van der Waals surface area (Å²) in [7, 11) is 3.19. The van der Waals surface area contributed by atoms with E-state index in [1.807, 2.05) is 17.0 Å². The largest absolute Gasteiger partial charge is 0.497 e. The number of carbonyl (C=O) groups excluding carboxylic acids is 2. The summed E-state index contributed by atoms with van der Waals surface area (Å²) in [6, 6.07) is 5.54. The summed E-state index contributed by atoms with van der Waals surface area (Å²) in [5.41, 5.74) is 2.80. The van der Waals surface area contributed by atoms with E-state index >= 15 is 0 Å². The number of nitrogens with zero attached hydrogens (tertiary/aromatic N) is 1. The highest BCUT2D eigenvalue weighted by molar-refractivity contribution is 6.01. The van der Waals surface area contributed by atoms with Gasteiger partial charge in [0.05, 0.1) is 33.4 Å². The van der Waals surface area contributed by atoms with Crippen LogP contribution in [0.5, 0.6) is 11.5 Å². The number of amides is 1. The monoisotopic (exact) mass is 440 g/mol. The molecule has 0 radical (unpaired) electrons. The smallest absolute Gasteiger partial charge is 0.232 e. The summed E-state index contributed by atoms with van der Waals surface area (Å²) in [4.78, 5) is 29.0. The molecule has 0 aromatic heterocycles. The summed E-state index contributed by atoms with van der Waals surface area (Å²) in [5, 5.41) is 3.35. The van der Waals surface area contributed by atoms with Crippen molar-refractivity contribution in [2.75, 3.05) is 40.5 Å². The maximum atomic E-state index is 13.7. The van der Waals surface area contributed by atoms with Crippen LogP contribution in [0.2, 0.25) is 0 Å². The van der Waals surface area contributed by atoms with E-state index in [2.05, 4.69) is 25.7 Å². The van der Waals surface area contributed by atoms with Gasteiger partial charge in [0.25, 0.3) is 0 Å². The lowest BCUT2D eigenvalue weighted by Gasteiger charge is -2.44. The van der Waals surface area contributed by atoms with Crippen LogP contribution in [-0.2, 0) is 14.3 Å². The molecule has 0 bridgehead atoms. The fraction of sp³-hybridized carbons (Fsp3) is 0.520. The molecule has 2 unspecified atom stereocenters. The Bertz CT molecular complexity index is 975. The second-order valence-corrected chi connectivity index (χ2v) is 9.48. The van der Waals surface area contributed by atoms with Gasteiger partial charge in [0.2, 0.25) is 5.91 Å². The van der Waals surface area contributed by atoms with Crippen LogP contribution in [0.4, 0.5) is 0 Å². The Morgan fingerprint density at radius 1 is 1.19 bits per heavy atom. The molecule has 0 spiro atoms. The summed E-state index contributed by atoms with van der Waals surface area (Å²) in [6.07, 6.45) is 1.16. The van der Waals surface area contributed by atoms with Crippen LogP contribution in [0.3, 0.4) is 0 Å². The van der Waals surface area contributed by atoms with Gasteiger partial charge in [0.1, 0.15) is 11.5 Å². The van der Waals surface area contributed by atoms with Crippen molar-refractivity contribution in [1.29, 1.82) is 0 Å². The first-order valence-corrected chi connectivity index (χ1v) is 11.1. The Labute approximate surface area is 189 Å². The zero-order valence-corrected chi connectivity index (χ0v) is 19.3. The van der Waals surface area contributed by atoms with E-state index in [4.69, 9.17) is 14.2 Å². The molecule has 4 rings (SSSR count). The van der Waals surface area contributed by atoms with Crippen LogP contribution in [0.1, 0.15) is 38.2 Å². The fourth-order valence-corrected chi connectivity index (χ4v) is 5.13. The molecule has 1 aromatic rings. The highest BCUT2D eigenvalue weighted by Crippen LogP contribution is 2.50. The van der Waals surface area contributed by atoms with Gasteiger partial charge in [-0.15, -0.1) is 0 Å². The quantitative estimate of drug-likeness (QED) is 0.776. The van der Waals surface area contributed by atoms with Crippen LogP contribution < -0.4 is 14.8 Å². The highest BCUT2D eigenvalue weighted by Gasteiger charge is 2.48. The highest BCUT2D eigenvalue weighted by atomic mass is 16.5. The fourth-order valence-electron chi connectivity index (χ4n) is 5.13. The summed E-state index contributed by atoms with van der Waals surface area (Å²) >= 11 is 0. The van der Waals surface area contributed by atoms with E-state index in [0.29, 0.717) is 55.5 Å². The SMILES string of the molecule is C=C1NC2=C(C(=O)CC(C)(C)C2)C(c2ccc(OC)cc2OC)C1C(=O)N1CCOCC1. The van der Waals surface area contributed by atoms with E-state index in [-0.39, 0.29) is 17.1 Å². The number of ether oxygens (including phenoxy) is 3. The summed E-state index contributed by atoms with van der Waals surface area (Å²) in [6.45, 7) is 10.5. The van der Waals surface area contributed by atoms with Gasteiger partial charge in [-0.3, -0.25) is 9.59 Å². The van der Waals surface area contributed by atoms with E-state index in [1.54, 1.807) is 20.3 Å². The molecule has 1 fully saturated rings. The minimum atomic E-state index is -0.612. The molecule has 172 valence electrons. The van der Waals surface area contributed by atoms with Crippen molar-refractivity contribution in [3.05, 3.63) is 47.3 Å². The topological polar surface area (TPSA) is 77.1 Å². The maximum absolute atomic E-state index is 13.7. The molecule has 7 nitrogen and oxygen atoms in total. The second kappa shape index (κ2) is 8.62. The average Bonchev–Trinajstić information content (AvgIpc) is 2.77. The number of morpholine rings is 1. The van der Waals surface area contributed by atoms with E-state index in [0.717, 1.165) is 17.7 Å². The number of rotatable bonds is 4. The van der Waals surface area contributed by atoms with Crippen molar-refractivity contribution < 1.29 is 23.8 Å². The zero-order chi connectivity index (χ0) is 23.0. The molecule has 1 N–H and O–H groups in total. The molecular formula is C25H32N2O5. The van der Waals surface area contributed by atoms with Gasteiger partial charge in [-0.25, -0.2) is 0 Å². The molecule has 1 aromatic carbocycles. The predicted molar refractivity (Wildman–Crippen MR) is 120 cm³/mol. The number of carbonyl (C=O) groups is 2. The lowest BCUT2D eigenvalue weighted by atomic mass is 9.66. The van der Waals surface area contributed by atoms with Gasteiger partial charge >= 0.3 is 0 Å². The predicted octanol–water partition coefficient (Wildman–Crippen LogP) is 3.02. The standard InChI is InChI=1S/C25H32N2O5/c1-15-21(24(29)27-8-10-32-11-9-27)22(17-7-6-16(30-4)12-20(17)31-5)23-18(26-15)13-25(2,3)14-19(23)28/h6-7,12,21-22,26H,1,8-11,13-14H2,2-5H3.